The molecule has 0 aromatic rings. The predicted molar refractivity (Wildman–Crippen MR) is 57.3 cm³/mol. The van der Waals surface area contributed by atoms with Crippen LogP contribution in [0, 0.1) is 5.41 Å². The number of nitrogens with one attached hydrogen (secondary N) is 1. The Hall–Kier alpha value is -1.10. The summed E-state index contributed by atoms with van der Waals surface area (Å²) in [6.45, 7) is 7.04. The summed E-state index contributed by atoms with van der Waals surface area (Å²) in [7, 11) is 0. The van der Waals surface area contributed by atoms with Gasteiger partial charge in [0.2, 0.25) is 5.91 Å². The lowest BCUT2D eigenvalue weighted by Gasteiger charge is -2.28. The smallest absolute Gasteiger partial charge is 0.326 e. The van der Waals surface area contributed by atoms with E-state index in [0.29, 0.717) is 6.42 Å². The van der Waals surface area contributed by atoms with E-state index in [-0.39, 0.29) is 0 Å². The number of aliphatic carboxylic acids is 1. The van der Waals surface area contributed by atoms with Gasteiger partial charge in [-0.3, -0.25) is 4.79 Å². The molecule has 0 aliphatic heterocycles. The normalized spacial score (nSPS) is 15.5. The van der Waals surface area contributed by atoms with Crippen LogP contribution in [0.5, 0.6) is 0 Å². The maximum absolute atomic E-state index is 11.4. The molecule has 0 aliphatic carbocycles. The minimum atomic E-state index is -1.04. The van der Waals surface area contributed by atoms with Crippen molar-refractivity contribution >= 4 is 11.9 Å². The molecule has 0 radical (unpaired) electrons. The second-order valence-corrected chi connectivity index (χ2v) is 4.66. The van der Waals surface area contributed by atoms with Gasteiger partial charge in [0, 0.05) is 0 Å². The Morgan fingerprint density at radius 1 is 1.40 bits per heavy atom. The molecular weight excluding hydrogens is 196 g/mol. The fourth-order valence-electron chi connectivity index (χ4n) is 1.08. The summed E-state index contributed by atoms with van der Waals surface area (Å²) in [4.78, 5) is 22.4. The molecule has 4 N–H and O–H groups in total. The lowest BCUT2D eigenvalue weighted by Crippen LogP contribution is -2.53. The summed E-state index contributed by atoms with van der Waals surface area (Å²) >= 11 is 0. The van der Waals surface area contributed by atoms with Crippen LogP contribution in [0.25, 0.3) is 0 Å². The first-order valence-electron chi connectivity index (χ1n) is 4.99. The van der Waals surface area contributed by atoms with Crippen molar-refractivity contribution in [1.29, 1.82) is 0 Å². The summed E-state index contributed by atoms with van der Waals surface area (Å²) in [5.74, 6) is -1.46. The van der Waals surface area contributed by atoms with Gasteiger partial charge in [0.15, 0.2) is 0 Å². The van der Waals surface area contributed by atoms with E-state index in [1.807, 2.05) is 0 Å². The number of carbonyl (C=O) groups excluding carboxylic acids is 1. The number of nitrogens with two attached hydrogens (primary N) is 1. The van der Waals surface area contributed by atoms with Crippen molar-refractivity contribution in [3.63, 3.8) is 0 Å². The van der Waals surface area contributed by atoms with Crippen LogP contribution in [0.3, 0.4) is 0 Å². The first-order valence-corrected chi connectivity index (χ1v) is 4.99. The second kappa shape index (κ2) is 5.11. The number of rotatable bonds is 4. The molecule has 15 heavy (non-hydrogen) atoms. The second-order valence-electron chi connectivity index (χ2n) is 4.66. The van der Waals surface area contributed by atoms with Gasteiger partial charge in [-0.1, -0.05) is 27.7 Å². The Morgan fingerprint density at radius 3 is 2.13 bits per heavy atom. The third-order valence-electron chi connectivity index (χ3n) is 2.18. The topological polar surface area (TPSA) is 92.4 Å². The van der Waals surface area contributed by atoms with E-state index in [4.69, 9.17) is 10.8 Å². The largest absolute Gasteiger partial charge is 0.480 e. The molecule has 0 spiro atoms. The molecule has 5 nitrogen and oxygen atoms in total. The number of carbonyl (C=O) groups is 2. The third-order valence-corrected chi connectivity index (χ3v) is 2.18. The summed E-state index contributed by atoms with van der Waals surface area (Å²) < 4.78 is 0. The predicted octanol–water partition coefficient (Wildman–Crippen LogP) is 0.339. The van der Waals surface area contributed by atoms with Gasteiger partial charge in [0.1, 0.15) is 6.04 Å². The molecule has 88 valence electrons. The standard InChI is InChI=1S/C10H20N2O3/c1-5-6(11)8(13)12-7(9(14)15)10(2,3)4/h6-7H,5,11H2,1-4H3,(H,12,13)(H,14,15)/t6?,7-/m0/s1. The fraction of sp³-hybridized carbons (Fsp3) is 0.800. The van der Waals surface area contributed by atoms with Crippen LogP contribution in [-0.4, -0.2) is 29.1 Å². The van der Waals surface area contributed by atoms with Crippen LogP contribution in [0.4, 0.5) is 0 Å². The highest BCUT2D eigenvalue weighted by Crippen LogP contribution is 2.19. The van der Waals surface area contributed by atoms with Gasteiger partial charge in [-0.05, 0) is 11.8 Å². The van der Waals surface area contributed by atoms with Gasteiger partial charge < -0.3 is 16.2 Å². The zero-order valence-corrected chi connectivity index (χ0v) is 9.70. The Labute approximate surface area is 90.0 Å². The molecule has 0 aromatic carbocycles. The zero-order valence-electron chi connectivity index (χ0n) is 9.70. The first kappa shape index (κ1) is 13.9. The SMILES string of the molecule is CCC(N)C(=O)N[C@@H](C(=O)O)C(C)(C)C. The van der Waals surface area contributed by atoms with Crippen LogP contribution >= 0.6 is 0 Å². The maximum Gasteiger partial charge on any atom is 0.326 e. The number of carboxylic acids is 1. The Kier molecular flexibility index (Phi) is 4.74. The molecule has 0 fully saturated rings. The summed E-state index contributed by atoms with van der Waals surface area (Å²) in [5, 5.41) is 11.4. The van der Waals surface area contributed by atoms with Crippen molar-refractivity contribution in [2.75, 3.05) is 0 Å². The van der Waals surface area contributed by atoms with E-state index in [0.717, 1.165) is 0 Å². The number of hydrogen-bond donors (Lipinski definition) is 3. The summed E-state index contributed by atoms with van der Waals surface area (Å²) in [6.07, 6.45) is 0.488. The molecule has 2 atom stereocenters. The van der Waals surface area contributed by atoms with Gasteiger partial charge >= 0.3 is 5.97 Å². The number of hydrogen-bond acceptors (Lipinski definition) is 3. The first-order chi connectivity index (χ1) is 6.70. The van der Waals surface area contributed by atoms with E-state index in [2.05, 4.69) is 5.32 Å². The third kappa shape index (κ3) is 4.29. The highest BCUT2D eigenvalue weighted by Gasteiger charge is 2.33. The molecule has 0 saturated carbocycles. The van der Waals surface area contributed by atoms with Crippen LogP contribution < -0.4 is 11.1 Å². The van der Waals surface area contributed by atoms with Crippen LogP contribution in [0.2, 0.25) is 0 Å². The number of amides is 1. The maximum atomic E-state index is 11.4. The van der Waals surface area contributed by atoms with E-state index >= 15 is 0 Å². The Balaban J connectivity index is 4.58. The van der Waals surface area contributed by atoms with Crippen molar-refractivity contribution < 1.29 is 14.7 Å². The minimum Gasteiger partial charge on any atom is -0.480 e. The minimum absolute atomic E-state index is 0.417. The highest BCUT2D eigenvalue weighted by molar-refractivity contribution is 5.87. The summed E-state index contributed by atoms with van der Waals surface area (Å²) in [5.41, 5.74) is 4.97. The molecule has 0 aliphatic rings. The molecule has 0 aromatic heterocycles. The van der Waals surface area contributed by atoms with Crippen LogP contribution in [0.1, 0.15) is 34.1 Å². The van der Waals surface area contributed by atoms with E-state index < -0.39 is 29.4 Å². The van der Waals surface area contributed by atoms with Gasteiger partial charge in [-0.25, -0.2) is 4.79 Å². The molecule has 5 heteroatoms. The molecule has 0 bridgehead atoms. The monoisotopic (exact) mass is 216 g/mol. The van der Waals surface area contributed by atoms with Crippen molar-refractivity contribution in [2.24, 2.45) is 11.1 Å². The molecule has 0 saturated heterocycles. The molecule has 0 rings (SSSR count). The van der Waals surface area contributed by atoms with Crippen LogP contribution in [-0.2, 0) is 9.59 Å². The van der Waals surface area contributed by atoms with Gasteiger partial charge in [0.25, 0.3) is 0 Å². The van der Waals surface area contributed by atoms with Gasteiger partial charge in [0.05, 0.1) is 6.04 Å². The average molecular weight is 216 g/mol. The average Bonchev–Trinajstić information content (AvgIpc) is 2.09. The van der Waals surface area contributed by atoms with Gasteiger partial charge in [-0.15, -0.1) is 0 Å². The Morgan fingerprint density at radius 2 is 1.87 bits per heavy atom. The van der Waals surface area contributed by atoms with Crippen molar-refractivity contribution in [3.8, 4) is 0 Å². The highest BCUT2D eigenvalue weighted by atomic mass is 16.4. The lowest BCUT2D eigenvalue weighted by molar-refractivity contribution is -0.145. The van der Waals surface area contributed by atoms with Crippen LogP contribution in [0.15, 0.2) is 0 Å². The Bertz CT molecular complexity index is 246. The quantitative estimate of drug-likeness (QED) is 0.631. The van der Waals surface area contributed by atoms with Crippen molar-refractivity contribution in [1.82, 2.24) is 5.32 Å². The molecular formula is C10H20N2O3. The zero-order chi connectivity index (χ0) is 12.2. The molecule has 0 heterocycles. The fourth-order valence-corrected chi connectivity index (χ4v) is 1.08. The van der Waals surface area contributed by atoms with E-state index in [1.54, 1.807) is 27.7 Å². The van der Waals surface area contributed by atoms with Gasteiger partial charge in [-0.2, -0.15) is 0 Å². The lowest BCUT2D eigenvalue weighted by atomic mass is 9.86. The van der Waals surface area contributed by atoms with Crippen molar-refractivity contribution in [3.05, 3.63) is 0 Å². The number of carboxylic acid groups (broad SMARTS) is 1. The van der Waals surface area contributed by atoms with E-state index in [9.17, 15) is 9.59 Å². The summed E-state index contributed by atoms with van der Waals surface area (Å²) in [6, 6.07) is -1.56. The molecule has 1 amide bonds. The molecule has 1 unspecified atom stereocenters. The van der Waals surface area contributed by atoms with E-state index in [1.165, 1.54) is 0 Å². The van der Waals surface area contributed by atoms with Crippen molar-refractivity contribution in [2.45, 2.75) is 46.2 Å².